The Morgan fingerprint density at radius 3 is 1.93 bits per heavy atom. The van der Waals surface area contributed by atoms with Crippen molar-refractivity contribution in [3.8, 4) is 0 Å². The molecule has 0 aromatic heterocycles. The number of anilines is 1. The SMILES string of the molecule is CC[N](c1ccccc1)[Al]([CH2]C)[CH2]C.Cl. The molecule has 0 atom stereocenters. The Balaban J connectivity index is 0.00000196. The fourth-order valence-corrected chi connectivity index (χ4v) is 4.57. The molecule has 1 aromatic carbocycles. The van der Waals surface area contributed by atoms with Crippen LogP contribution < -0.4 is 3.88 Å². The van der Waals surface area contributed by atoms with Gasteiger partial charge in [-0.25, -0.2) is 0 Å². The van der Waals surface area contributed by atoms with E-state index in [0.29, 0.717) is 0 Å². The maximum atomic E-state index is 2.62. The third-order valence-electron chi connectivity index (χ3n) is 2.81. The highest BCUT2D eigenvalue weighted by Crippen LogP contribution is 2.17. The van der Waals surface area contributed by atoms with E-state index < -0.39 is 14.4 Å². The van der Waals surface area contributed by atoms with Gasteiger partial charge in [0.15, 0.2) is 0 Å². The smallest absolute Gasteiger partial charge is 0.413 e. The Morgan fingerprint density at radius 1 is 1.00 bits per heavy atom. The Morgan fingerprint density at radius 2 is 1.53 bits per heavy atom. The average Bonchev–Trinajstić information content (AvgIpc) is 2.27. The summed E-state index contributed by atoms with van der Waals surface area (Å²) < 4.78 is 2.62. The number of hydrogen-bond donors (Lipinski definition) is 0. The topological polar surface area (TPSA) is 3.24 Å². The van der Waals surface area contributed by atoms with Crippen LogP contribution in [0.3, 0.4) is 0 Å². The third kappa shape index (κ3) is 4.07. The van der Waals surface area contributed by atoms with Crippen LogP contribution in [0.5, 0.6) is 0 Å². The lowest BCUT2D eigenvalue weighted by molar-refractivity contribution is 1.04. The molecule has 0 heterocycles. The number of halogens is 1. The zero-order valence-corrected chi connectivity index (χ0v) is 11.9. The molecule has 0 N–H and O–H groups in total. The molecule has 3 heteroatoms. The van der Waals surface area contributed by atoms with Gasteiger partial charge in [-0.1, -0.05) is 42.6 Å². The summed E-state index contributed by atoms with van der Waals surface area (Å²) in [6, 6.07) is 10.8. The van der Waals surface area contributed by atoms with Crippen LogP contribution >= 0.6 is 12.4 Å². The van der Waals surface area contributed by atoms with E-state index in [0.717, 1.165) is 6.54 Å². The Labute approximate surface area is 105 Å². The standard InChI is InChI=1S/C8H10N.2C2H5.Al.ClH/c1-2-9-8-6-4-3-5-7-8;2*1-2;;/h3-7H,2H2,1H3;2*1H2,2H3;;1H/q-1;;;+1;. The number of hydrogen-bond acceptors (Lipinski definition) is 1. The lowest BCUT2D eigenvalue weighted by Gasteiger charge is -2.28. The number of para-hydroxylation sites is 1. The molecule has 0 saturated heterocycles. The van der Waals surface area contributed by atoms with Gasteiger partial charge in [0, 0.05) is 5.69 Å². The van der Waals surface area contributed by atoms with Crippen molar-refractivity contribution >= 4 is 32.5 Å². The molecule has 0 unspecified atom stereocenters. The minimum atomic E-state index is -0.700. The minimum Gasteiger partial charge on any atom is -0.463 e. The van der Waals surface area contributed by atoms with Crippen LogP contribution in [0.1, 0.15) is 20.8 Å². The van der Waals surface area contributed by atoms with Gasteiger partial charge in [0.05, 0.1) is 0 Å². The van der Waals surface area contributed by atoms with Crippen molar-refractivity contribution in [3.05, 3.63) is 30.3 Å². The second kappa shape index (κ2) is 8.05. The van der Waals surface area contributed by atoms with Crippen LogP contribution in [0.4, 0.5) is 5.69 Å². The highest BCUT2D eigenvalue weighted by atomic mass is 35.5. The molecule has 0 fully saturated rings. The Bertz CT molecular complexity index is 249. The van der Waals surface area contributed by atoms with Crippen molar-refractivity contribution in [2.75, 3.05) is 10.4 Å². The molecule has 1 rings (SSSR count). The molecule has 15 heavy (non-hydrogen) atoms. The molecule has 0 spiro atoms. The van der Waals surface area contributed by atoms with Gasteiger partial charge in [0.1, 0.15) is 0 Å². The molecule has 1 aromatic rings. The van der Waals surface area contributed by atoms with E-state index in [4.69, 9.17) is 0 Å². The number of rotatable bonds is 5. The molecule has 84 valence electrons. The molecular formula is C12H21AlClN. The van der Waals surface area contributed by atoms with Crippen LogP contribution in [0.15, 0.2) is 30.3 Å². The first-order chi connectivity index (χ1) is 6.83. The maximum Gasteiger partial charge on any atom is 0.413 e. The fourth-order valence-electron chi connectivity index (χ4n) is 2.00. The van der Waals surface area contributed by atoms with Crippen LogP contribution in [0.2, 0.25) is 10.6 Å². The van der Waals surface area contributed by atoms with Crippen molar-refractivity contribution in [1.82, 2.24) is 0 Å². The van der Waals surface area contributed by atoms with Gasteiger partial charge in [-0.15, -0.1) is 12.4 Å². The van der Waals surface area contributed by atoms with Gasteiger partial charge in [-0.2, -0.15) is 0 Å². The summed E-state index contributed by atoms with van der Waals surface area (Å²) in [5, 5.41) is 2.72. The molecule has 1 nitrogen and oxygen atoms in total. The van der Waals surface area contributed by atoms with Gasteiger partial charge in [-0.3, -0.25) is 0 Å². The van der Waals surface area contributed by atoms with Crippen molar-refractivity contribution < 1.29 is 0 Å². The van der Waals surface area contributed by atoms with Crippen molar-refractivity contribution in [3.63, 3.8) is 0 Å². The van der Waals surface area contributed by atoms with E-state index in [1.165, 1.54) is 16.3 Å². The molecule has 0 bridgehead atoms. The summed E-state index contributed by atoms with van der Waals surface area (Å²) >= 11 is -0.700. The summed E-state index contributed by atoms with van der Waals surface area (Å²) in [6.07, 6.45) is 0. The number of benzene rings is 1. The third-order valence-corrected chi connectivity index (χ3v) is 6.24. The number of nitrogens with zero attached hydrogens (tertiary/aromatic N) is 1. The minimum absolute atomic E-state index is 0. The Kier molecular flexibility index (Phi) is 7.96. The first kappa shape index (κ1) is 14.8. The predicted octanol–water partition coefficient (Wildman–Crippen LogP) is 3.97. The quantitative estimate of drug-likeness (QED) is 0.706. The van der Waals surface area contributed by atoms with E-state index in [1.54, 1.807) is 0 Å². The highest BCUT2D eigenvalue weighted by molar-refractivity contribution is 6.63. The van der Waals surface area contributed by atoms with Crippen LogP contribution in [0, 0.1) is 0 Å². The summed E-state index contributed by atoms with van der Waals surface area (Å²) in [5.74, 6) is 0. The molecule has 0 amide bonds. The monoisotopic (exact) mass is 241 g/mol. The summed E-state index contributed by atoms with van der Waals surface area (Å²) in [6.45, 7) is 8.07. The van der Waals surface area contributed by atoms with E-state index >= 15 is 0 Å². The maximum absolute atomic E-state index is 2.62. The van der Waals surface area contributed by atoms with Crippen LogP contribution in [-0.2, 0) is 0 Å². The van der Waals surface area contributed by atoms with Crippen molar-refractivity contribution in [2.24, 2.45) is 0 Å². The Hall–Kier alpha value is -0.158. The van der Waals surface area contributed by atoms with Gasteiger partial charge < -0.3 is 3.88 Å². The summed E-state index contributed by atoms with van der Waals surface area (Å²) in [4.78, 5) is 0. The molecule has 0 radical (unpaired) electrons. The van der Waals surface area contributed by atoms with Crippen molar-refractivity contribution in [1.29, 1.82) is 0 Å². The second-order valence-electron chi connectivity index (χ2n) is 3.59. The normalized spacial score (nSPS) is 9.27. The first-order valence-corrected chi connectivity index (χ1v) is 7.80. The second-order valence-corrected chi connectivity index (χ2v) is 7.16. The first-order valence-electron chi connectivity index (χ1n) is 5.65. The van der Waals surface area contributed by atoms with E-state index in [-0.39, 0.29) is 12.4 Å². The van der Waals surface area contributed by atoms with Gasteiger partial charge in [-0.05, 0) is 25.6 Å². The highest BCUT2D eigenvalue weighted by Gasteiger charge is 2.21. The molecule has 0 aliphatic carbocycles. The zero-order valence-electron chi connectivity index (χ0n) is 9.94. The van der Waals surface area contributed by atoms with E-state index in [9.17, 15) is 0 Å². The van der Waals surface area contributed by atoms with E-state index in [1.807, 2.05) is 0 Å². The average molecular weight is 242 g/mol. The van der Waals surface area contributed by atoms with Gasteiger partial charge >= 0.3 is 14.4 Å². The lowest BCUT2D eigenvalue weighted by Crippen LogP contribution is -2.38. The predicted molar refractivity (Wildman–Crippen MR) is 73.4 cm³/mol. The van der Waals surface area contributed by atoms with E-state index in [2.05, 4.69) is 55.0 Å². The summed E-state index contributed by atoms with van der Waals surface area (Å²) in [7, 11) is 0. The summed E-state index contributed by atoms with van der Waals surface area (Å²) in [5.41, 5.74) is 1.41. The molecular weight excluding hydrogens is 221 g/mol. The van der Waals surface area contributed by atoms with Crippen LogP contribution in [-0.4, -0.2) is 20.9 Å². The molecule has 0 aliphatic heterocycles. The lowest BCUT2D eigenvalue weighted by atomic mass is 10.3. The zero-order chi connectivity index (χ0) is 10.4. The van der Waals surface area contributed by atoms with Gasteiger partial charge in [0.2, 0.25) is 0 Å². The molecule has 0 aliphatic rings. The van der Waals surface area contributed by atoms with Crippen LogP contribution in [0.25, 0.3) is 0 Å². The van der Waals surface area contributed by atoms with Crippen molar-refractivity contribution in [2.45, 2.75) is 31.3 Å². The largest absolute Gasteiger partial charge is 0.463 e. The fraction of sp³-hybridized carbons (Fsp3) is 0.500. The van der Waals surface area contributed by atoms with Gasteiger partial charge in [0.25, 0.3) is 0 Å². The molecule has 0 saturated carbocycles.